The lowest BCUT2D eigenvalue weighted by atomic mass is 9.98. The first-order valence-electron chi connectivity index (χ1n) is 10.9. The maximum atomic E-state index is 12.7. The maximum absolute atomic E-state index is 12.7. The average Bonchev–Trinajstić information content (AvgIpc) is 3.04. The monoisotopic (exact) mass is 438 g/mol. The maximum Gasteiger partial charge on any atom is 0.407 e. The first-order valence-corrected chi connectivity index (χ1v) is 10.9. The van der Waals surface area contributed by atoms with Crippen LogP contribution >= 0.6 is 0 Å². The van der Waals surface area contributed by atoms with Crippen LogP contribution in [0.3, 0.4) is 0 Å². The van der Waals surface area contributed by atoms with Gasteiger partial charge in [-0.3, -0.25) is 9.59 Å². The van der Waals surface area contributed by atoms with Crippen LogP contribution in [-0.2, 0) is 14.3 Å². The van der Waals surface area contributed by atoms with Gasteiger partial charge in [-0.05, 0) is 42.5 Å². The molecule has 0 aliphatic heterocycles. The summed E-state index contributed by atoms with van der Waals surface area (Å²) in [5, 5.41) is 14.4. The third kappa shape index (κ3) is 5.46. The smallest absolute Gasteiger partial charge is 0.407 e. The molecule has 2 aromatic rings. The van der Waals surface area contributed by atoms with E-state index in [0.29, 0.717) is 12.8 Å². The number of carboxylic acids is 1. The Morgan fingerprint density at radius 3 is 2.12 bits per heavy atom. The molecule has 0 bridgehead atoms. The number of hydrogen-bond acceptors (Lipinski definition) is 4. The third-order valence-corrected chi connectivity index (χ3v) is 5.58. The number of carbonyl (C=O) groups is 3. The van der Waals surface area contributed by atoms with E-state index in [-0.39, 0.29) is 18.9 Å². The molecule has 0 heterocycles. The molecule has 7 heteroatoms. The van der Waals surface area contributed by atoms with Crippen molar-refractivity contribution in [3.8, 4) is 11.1 Å². The highest BCUT2D eigenvalue weighted by Crippen LogP contribution is 2.44. The zero-order valence-corrected chi connectivity index (χ0v) is 18.7. The molecular formula is C25H30N2O5. The highest BCUT2D eigenvalue weighted by molar-refractivity contribution is 5.86. The molecule has 1 aliphatic rings. The molecule has 7 nitrogen and oxygen atoms in total. The Hall–Kier alpha value is -3.35. The fourth-order valence-corrected chi connectivity index (χ4v) is 4.18. The molecule has 1 aliphatic carbocycles. The van der Waals surface area contributed by atoms with Crippen LogP contribution in [0.4, 0.5) is 4.79 Å². The topological polar surface area (TPSA) is 105 Å². The van der Waals surface area contributed by atoms with Gasteiger partial charge in [-0.25, -0.2) is 4.79 Å². The minimum Gasteiger partial charge on any atom is -0.481 e. The minimum absolute atomic E-state index is 0.0684. The molecule has 0 saturated carbocycles. The van der Waals surface area contributed by atoms with Gasteiger partial charge in [0.25, 0.3) is 0 Å². The van der Waals surface area contributed by atoms with Crippen molar-refractivity contribution in [3.05, 3.63) is 59.7 Å². The van der Waals surface area contributed by atoms with Crippen molar-refractivity contribution in [1.82, 2.24) is 10.6 Å². The first kappa shape index (κ1) is 23.3. The predicted octanol–water partition coefficient (Wildman–Crippen LogP) is 4.06. The molecule has 2 amide bonds. The Bertz CT molecular complexity index is 956. The van der Waals surface area contributed by atoms with Gasteiger partial charge >= 0.3 is 12.1 Å². The summed E-state index contributed by atoms with van der Waals surface area (Å²) < 4.78 is 5.54. The standard InChI is InChI=1S/C25H30N2O5/c1-4-9-21(23(30)27-25(2,3)14-22(28)29)26-24(31)32-15-20-18-12-7-5-10-16(18)17-11-6-8-13-19(17)20/h5-8,10-13,20-21H,4,9,14-15H2,1-3H3,(H,26,31)(H,27,30)(H,28,29)/t21-/m0/s1. The second-order valence-corrected chi connectivity index (χ2v) is 8.75. The number of amides is 2. The molecule has 0 spiro atoms. The fourth-order valence-electron chi connectivity index (χ4n) is 4.18. The van der Waals surface area contributed by atoms with Gasteiger partial charge in [0.2, 0.25) is 5.91 Å². The molecule has 3 N–H and O–H groups in total. The van der Waals surface area contributed by atoms with Gasteiger partial charge in [0.05, 0.1) is 6.42 Å². The van der Waals surface area contributed by atoms with E-state index >= 15 is 0 Å². The van der Waals surface area contributed by atoms with E-state index in [1.54, 1.807) is 13.8 Å². The van der Waals surface area contributed by atoms with Crippen molar-refractivity contribution in [2.75, 3.05) is 6.61 Å². The van der Waals surface area contributed by atoms with E-state index in [1.165, 1.54) is 0 Å². The summed E-state index contributed by atoms with van der Waals surface area (Å²) in [6, 6.07) is 15.3. The zero-order valence-electron chi connectivity index (χ0n) is 18.7. The van der Waals surface area contributed by atoms with Crippen molar-refractivity contribution in [1.29, 1.82) is 0 Å². The summed E-state index contributed by atoms with van der Waals surface area (Å²) in [6.45, 7) is 5.33. The zero-order chi connectivity index (χ0) is 23.3. The largest absolute Gasteiger partial charge is 0.481 e. The Balaban J connectivity index is 1.64. The molecule has 0 radical (unpaired) electrons. The average molecular weight is 439 g/mol. The number of aliphatic carboxylic acids is 1. The molecule has 0 aromatic heterocycles. The normalized spacial score (nSPS) is 13.6. The number of nitrogens with one attached hydrogen (secondary N) is 2. The highest BCUT2D eigenvalue weighted by Gasteiger charge is 2.31. The summed E-state index contributed by atoms with van der Waals surface area (Å²) in [5.74, 6) is -1.50. The van der Waals surface area contributed by atoms with Crippen molar-refractivity contribution in [2.24, 2.45) is 0 Å². The van der Waals surface area contributed by atoms with Crippen LogP contribution in [-0.4, -0.2) is 41.3 Å². The van der Waals surface area contributed by atoms with Crippen molar-refractivity contribution < 1.29 is 24.2 Å². The number of rotatable bonds is 9. The lowest BCUT2D eigenvalue weighted by Crippen LogP contribution is -2.54. The Morgan fingerprint density at radius 2 is 1.59 bits per heavy atom. The van der Waals surface area contributed by atoms with Gasteiger partial charge in [0, 0.05) is 11.5 Å². The second-order valence-electron chi connectivity index (χ2n) is 8.75. The molecular weight excluding hydrogens is 408 g/mol. The first-order chi connectivity index (χ1) is 15.2. The molecule has 32 heavy (non-hydrogen) atoms. The van der Waals surface area contributed by atoms with Crippen molar-refractivity contribution in [3.63, 3.8) is 0 Å². The molecule has 0 fully saturated rings. The fraction of sp³-hybridized carbons (Fsp3) is 0.400. The van der Waals surface area contributed by atoms with Gasteiger partial charge in [-0.15, -0.1) is 0 Å². The van der Waals surface area contributed by atoms with Crippen LogP contribution in [0, 0.1) is 0 Å². The van der Waals surface area contributed by atoms with Crippen LogP contribution in [0.25, 0.3) is 11.1 Å². The molecule has 0 unspecified atom stereocenters. The number of ether oxygens (including phenoxy) is 1. The predicted molar refractivity (Wildman–Crippen MR) is 121 cm³/mol. The second kappa shape index (κ2) is 9.85. The van der Waals surface area contributed by atoms with Crippen LogP contribution in [0.5, 0.6) is 0 Å². The molecule has 0 saturated heterocycles. The van der Waals surface area contributed by atoms with E-state index in [2.05, 4.69) is 22.8 Å². The van der Waals surface area contributed by atoms with Gasteiger partial charge in [-0.2, -0.15) is 0 Å². The summed E-state index contributed by atoms with van der Waals surface area (Å²) in [7, 11) is 0. The number of hydrogen-bond donors (Lipinski definition) is 3. The van der Waals surface area contributed by atoms with Gasteiger partial charge in [0.1, 0.15) is 12.6 Å². The summed E-state index contributed by atoms with van der Waals surface area (Å²) >= 11 is 0. The third-order valence-electron chi connectivity index (χ3n) is 5.58. The Morgan fingerprint density at radius 1 is 1.03 bits per heavy atom. The molecule has 2 aromatic carbocycles. The van der Waals surface area contributed by atoms with Crippen LogP contribution in [0.1, 0.15) is 57.1 Å². The lowest BCUT2D eigenvalue weighted by molar-refractivity contribution is -0.138. The number of fused-ring (bicyclic) bond motifs is 3. The van der Waals surface area contributed by atoms with Gasteiger partial charge in [-0.1, -0.05) is 61.9 Å². The number of carbonyl (C=O) groups excluding carboxylic acids is 2. The van der Waals surface area contributed by atoms with Crippen LogP contribution < -0.4 is 10.6 Å². The van der Waals surface area contributed by atoms with Crippen molar-refractivity contribution in [2.45, 2.75) is 57.5 Å². The van der Waals surface area contributed by atoms with Gasteiger partial charge in [0.15, 0.2) is 0 Å². The number of alkyl carbamates (subject to hydrolysis) is 1. The van der Waals surface area contributed by atoms with E-state index < -0.39 is 29.6 Å². The summed E-state index contributed by atoms with van der Waals surface area (Å²) in [4.78, 5) is 36.2. The SMILES string of the molecule is CCC[C@H](NC(=O)OCC1c2ccccc2-c2ccccc21)C(=O)NC(C)(C)CC(=O)O. The minimum atomic E-state index is -1.01. The number of benzene rings is 2. The van der Waals surface area contributed by atoms with E-state index in [0.717, 1.165) is 22.3 Å². The van der Waals surface area contributed by atoms with E-state index in [1.807, 2.05) is 43.3 Å². The molecule has 3 rings (SSSR count). The Labute approximate surface area is 188 Å². The van der Waals surface area contributed by atoms with Crippen LogP contribution in [0.15, 0.2) is 48.5 Å². The van der Waals surface area contributed by atoms with Crippen LogP contribution in [0.2, 0.25) is 0 Å². The molecule has 170 valence electrons. The highest BCUT2D eigenvalue weighted by atomic mass is 16.5. The van der Waals surface area contributed by atoms with Crippen molar-refractivity contribution >= 4 is 18.0 Å². The van der Waals surface area contributed by atoms with E-state index in [9.17, 15) is 14.4 Å². The van der Waals surface area contributed by atoms with Gasteiger partial charge < -0.3 is 20.5 Å². The number of carboxylic acid groups (broad SMARTS) is 1. The quantitative estimate of drug-likeness (QED) is 0.548. The van der Waals surface area contributed by atoms with E-state index in [4.69, 9.17) is 9.84 Å². The summed E-state index contributed by atoms with van der Waals surface area (Å²) in [5.41, 5.74) is 3.57. The Kier molecular flexibility index (Phi) is 7.18. The lowest BCUT2D eigenvalue weighted by Gasteiger charge is -2.27. The summed E-state index contributed by atoms with van der Waals surface area (Å²) in [6.07, 6.45) is 0.194. The molecule has 1 atom stereocenters.